The van der Waals surface area contributed by atoms with Crippen LogP contribution in [0.3, 0.4) is 0 Å². The number of halogens is 2. The number of fused-ring (bicyclic) bond motifs is 1. The first kappa shape index (κ1) is 26.4. The highest BCUT2D eigenvalue weighted by molar-refractivity contribution is 7.22. The summed E-state index contributed by atoms with van der Waals surface area (Å²) in [6.07, 6.45) is 2.96. The van der Waals surface area contributed by atoms with Crippen LogP contribution in [-0.2, 0) is 9.59 Å². The van der Waals surface area contributed by atoms with E-state index in [1.807, 2.05) is 0 Å². The number of carbonyl (C=O) groups is 2. The third-order valence-corrected chi connectivity index (χ3v) is 7.66. The Morgan fingerprint density at radius 3 is 2.54 bits per heavy atom. The number of aromatic nitrogens is 2. The van der Waals surface area contributed by atoms with Gasteiger partial charge in [0.1, 0.15) is 10.8 Å². The molecule has 39 heavy (non-hydrogen) atoms. The minimum atomic E-state index is -1.15. The number of non-ortho nitro benzene ring substituents is 1. The molecular formula is C25H16Cl2N4O7S. The van der Waals surface area contributed by atoms with Gasteiger partial charge < -0.3 is 14.6 Å². The lowest BCUT2D eigenvalue weighted by atomic mass is 9.96. The number of thiazole rings is 1. The fourth-order valence-corrected chi connectivity index (χ4v) is 6.00. The molecule has 11 nitrogen and oxygen atoms in total. The molecule has 198 valence electrons. The summed E-state index contributed by atoms with van der Waals surface area (Å²) in [7, 11) is 2.66. The van der Waals surface area contributed by atoms with Crippen LogP contribution in [0.1, 0.15) is 17.2 Å². The van der Waals surface area contributed by atoms with Gasteiger partial charge in [-0.2, -0.15) is 0 Å². The van der Waals surface area contributed by atoms with Crippen LogP contribution in [0.2, 0.25) is 10.0 Å². The van der Waals surface area contributed by atoms with Crippen LogP contribution in [-0.4, -0.2) is 45.9 Å². The van der Waals surface area contributed by atoms with Gasteiger partial charge in [-0.1, -0.05) is 40.6 Å². The average molecular weight is 587 g/mol. The molecular weight excluding hydrogens is 571 g/mol. The third-order valence-electron chi connectivity index (χ3n) is 6.02. The van der Waals surface area contributed by atoms with E-state index in [0.717, 1.165) is 16.2 Å². The number of hydrogen-bond donors (Lipinski definition) is 1. The number of ether oxygens (including phenoxy) is 2. The molecule has 0 saturated carbocycles. The van der Waals surface area contributed by atoms with Crippen molar-refractivity contribution in [2.45, 2.75) is 6.04 Å². The predicted octanol–water partition coefficient (Wildman–Crippen LogP) is 5.55. The lowest BCUT2D eigenvalue weighted by Gasteiger charge is -2.23. The van der Waals surface area contributed by atoms with E-state index in [1.165, 1.54) is 50.9 Å². The number of hydrogen-bond acceptors (Lipinski definition) is 10. The second-order valence-corrected chi connectivity index (χ2v) is 9.94. The number of ketones is 1. The second-order valence-electron chi connectivity index (χ2n) is 8.15. The van der Waals surface area contributed by atoms with Gasteiger partial charge in [0.15, 0.2) is 16.6 Å². The Bertz CT molecular complexity index is 1710. The SMILES string of the molecule is COc1c(Cl)cc(/C(O)=C2\C(=O)C(=O)N(c3nc4ccc([N+](=O)[O-])cc4s3)C2c2cccnc2)c(OC)c1Cl. The first-order valence-corrected chi connectivity index (χ1v) is 12.6. The van der Waals surface area contributed by atoms with E-state index < -0.39 is 28.4 Å². The Morgan fingerprint density at radius 2 is 1.90 bits per heavy atom. The molecule has 1 saturated heterocycles. The normalized spacial score (nSPS) is 16.6. The van der Waals surface area contributed by atoms with Gasteiger partial charge in [-0.3, -0.25) is 29.6 Å². The van der Waals surface area contributed by atoms with Crippen molar-refractivity contribution in [1.29, 1.82) is 0 Å². The highest BCUT2D eigenvalue weighted by Crippen LogP contribution is 2.48. The predicted molar refractivity (Wildman–Crippen MR) is 145 cm³/mol. The minimum absolute atomic E-state index is 0.0288. The van der Waals surface area contributed by atoms with Gasteiger partial charge in [0, 0.05) is 24.5 Å². The Labute approximate surface area is 234 Å². The van der Waals surface area contributed by atoms with Gasteiger partial charge in [-0.15, -0.1) is 0 Å². The van der Waals surface area contributed by atoms with Crippen molar-refractivity contribution in [2.75, 3.05) is 19.1 Å². The van der Waals surface area contributed by atoms with Gasteiger partial charge in [0.2, 0.25) is 0 Å². The number of anilines is 1. The Kier molecular flexibility index (Phi) is 6.85. The van der Waals surface area contributed by atoms with Crippen LogP contribution < -0.4 is 14.4 Å². The van der Waals surface area contributed by atoms with E-state index in [4.69, 9.17) is 32.7 Å². The molecule has 0 aliphatic carbocycles. The summed E-state index contributed by atoms with van der Waals surface area (Å²) in [6, 6.07) is 7.48. The van der Waals surface area contributed by atoms with E-state index in [1.54, 1.807) is 12.1 Å². The number of aliphatic hydroxyl groups excluding tert-OH is 1. The highest BCUT2D eigenvalue weighted by Gasteiger charge is 2.48. The Hall–Kier alpha value is -4.26. The monoisotopic (exact) mass is 586 g/mol. The topological polar surface area (TPSA) is 145 Å². The molecule has 0 bridgehead atoms. The zero-order valence-corrected chi connectivity index (χ0v) is 22.4. The third kappa shape index (κ3) is 4.32. The number of benzene rings is 2. The van der Waals surface area contributed by atoms with Gasteiger partial charge >= 0.3 is 5.91 Å². The Balaban J connectivity index is 1.75. The number of aliphatic hydroxyl groups is 1. The lowest BCUT2D eigenvalue weighted by molar-refractivity contribution is -0.384. The molecule has 14 heteroatoms. The number of carbonyl (C=O) groups excluding carboxylic acids is 2. The van der Waals surface area contributed by atoms with E-state index >= 15 is 0 Å². The van der Waals surface area contributed by atoms with Gasteiger partial charge in [0.05, 0.1) is 51.6 Å². The Morgan fingerprint density at radius 1 is 1.15 bits per heavy atom. The molecule has 2 aromatic carbocycles. The highest BCUT2D eigenvalue weighted by atomic mass is 35.5. The van der Waals surface area contributed by atoms with E-state index in [0.29, 0.717) is 15.8 Å². The maximum absolute atomic E-state index is 13.5. The summed E-state index contributed by atoms with van der Waals surface area (Å²) in [6.45, 7) is 0. The standard InChI is InChI=1S/C25H16Cl2N4O7S/c1-37-22-13(9-14(26)23(38-2)18(22)27)20(32)17-19(11-4-3-7-28-10-11)30(24(34)21(17)33)25-29-15-6-5-12(31(35)36)8-16(15)39-25/h3-10,19,32H,1-2H3/b20-17+. The maximum atomic E-state index is 13.5. The van der Waals surface area contributed by atoms with Crippen LogP contribution >= 0.6 is 34.5 Å². The molecule has 1 aliphatic heterocycles. The smallest absolute Gasteiger partial charge is 0.301 e. The molecule has 5 rings (SSSR count). The zero-order chi connectivity index (χ0) is 28.0. The van der Waals surface area contributed by atoms with Gasteiger partial charge in [-0.25, -0.2) is 4.98 Å². The first-order chi connectivity index (χ1) is 18.7. The van der Waals surface area contributed by atoms with Crippen molar-refractivity contribution in [2.24, 2.45) is 0 Å². The second kappa shape index (κ2) is 10.1. The number of rotatable bonds is 6. The molecule has 1 unspecified atom stereocenters. The van der Waals surface area contributed by atoms with Gasteiger partial charge in [0.25, 0.3) is 11.5 Å². The zero-order valence-electron chi connectivity index (χ0n) is 20.0. The minimum Gasteiger partial charge on any atom is -0.507 e. The molecule has 1 fully saturated rings. The number of methoxy groups -OCH3 is 2. The van der Waals surface area contributed by atoms with Crippen molar-refractivity contribution >= 4 is 73.0 Å². The molecule has 0 radical (unpaired) electrons. The average Bonchev–Trinajstić information content (AvgIpc) is 3.46. The largest absolute Gasteiger partial charge is 0.507 e. The molecule has 4 aromatic rings. The first-order valence-electron chi connectivity index (χ1n) is 11.0. The summed E-state index contributed by atoms with van der Waals surface area (Å²) in [4.78, 5) is 47.3. The van der Waals surface area contributed by atoms with Crippen molar-refractivity contribution in [3.63, 3.8) is 0 Å². The van der Waals surface area contributed by atoms with Crippen molar-refractivity contribution in [3.8, 4) is 11.5 Å². The number of Topliss-reactive ketones (excluding diaryl/α,β-unsaturated/α-hetero) is 1. The lowest BCUT2D eigenvalue weighted by Crippen LogP contribution is -2.29. The van der Waals surface area contributed by atoms with E-state index in [9.17, 15) is 24.8 Å². The fraction of sp³-hybridized carbons (Fsp3) is 0.120. The maximum Gasteiger partial charge on any atom is 0.301 e. The summed E-state index contributed by atoms with van der Waals surface area (Å²) in [5, 5.41) is 22.8. The quantitative estimate of drug-likeness (QED) is 0.101. The number of nitrogens with zero attached hydrogens (tertiary/aromatic N) is 4. The summed E-state index contributed by atoms with van der Waals surface area (Å²) < 4.78 is 11.0. The van der Waals surface area contributed by atoms with Gasteiger partial charge in [-0.05, 0) is 23.8 Å². The van der Waals surface area contributed by atoms with Crippen LogP contribution in [0.4, 0.5) is 10.8 Å². The molecule has 1 amide bonds. The molecule has 1 N–H and O–H groups in total. The molecule has 3 heterocycles. The van der Waals surface area contributed by atoms with Crippen LogP contribution in [0.25, 0.3) is 16.0 Å². The summed E-state index contributed by atoms with van der Waals surface area (Å²) in [5.41, 5.74) is 0.314. The summed E-state index contributed by atoms with van der Waals surface area (Å²) >= 11 is 13.7. The molecule has 1 atom stereocenters. The number of nitro benzene ring substituents is 1. The fourth-order valence-electron chi connectivity index (χ4n) is 4.29. The van der Waals surface area contributed by atoms with E-state index in [2.05, 4.69) is 9.97 Å². The number of amides is 1. The van der Waals surface area contributed by atoms with Crippen molar-refractivity contribution in [1.82, 2.24) is 9.97 Å². The molecule has 0 spiro atoms. The summed E-state index contributed by atoms with van der Waals surface area (Å²) in [5.74, 6) is -2.50. The van der Waals surface area contributed by atoms with Crippen molar-refractivity contribution in [3.05, 3.63) is 85.7 Å². The number of pyridine rings is 1. The van der Waals surface area contributed by atoms with Crippen LogP contribution in [0.5, 0.6) is 11.5 Å². The van der Waals surface area contributed by atoms with Crippen LogP contribution in [0, 0.1) is 10.1 Å². The number of nitro groups is 1. The van der Waals surface area contributed by atoms with Crippen LogP contribution in [0.15, 0.2) is 54.4 Å². The van der Waals surface area contributed by atoms with E-state index in [-0.39, 0.29) is 43.5 Å². The molecule has 1 aliphatic rings. The van der Waals surface area contributed by atoms with Crippen molar-refractivity contribution < 1.29 is 29.1 Å². The molecule has 2 aromatic heterocycles.